The lowest BCUT2D eigenvalue weighted by atomic mass is 10.1. The maximum absolute atomic E-state index is 11.7. The first-order chi connectivity index (χ1) is 11.5. The van der Waals surface area contributed by atoms with Crippen LogP contribution in [-0.2, 0) is 11.3 Å². The second-order valence-corrected chi connectivity index (χ2v) is 5.44. The van der Waals surface area contributed by atoms with E-state index < -0.39 is 5.97 Å². The first-order valence-corrected chi connectivity index (χ1v) is 8.01. The third-order valence-corrected chi connectivity index (χ3v) is 3.77. The minimum atomic E-state index is -1.01. The molecule has 5 nitrogen and oxygen atoms in total. The van der Waals surface area contributed by atoms with Gasteiger partial charge in [0.15, 0.2) is 0 Å². The lowest BCUT2D eigenvalue weighted by molar-refractivity contribution is -0.115. The van der Waals surface area contributed by atoms with Crippen molar-refractivity contribution in [1.82, 2.24) is 0 Å². The maximum Gasteiger partial charge on any atom is 0.337 e. The van der Waals surface area contributed by atoms with Gasteiger partial charge in [0.05, 0.1) is 11.3 Å². The van der Waals surface area contributed by atoms with E-state index in [1.807, 2.05) is 42.2 Å². The molecular formula is C19H22N2O3. The zero-order valence-corrected chi connectivity index (χ0v) is 14.0. The van der Waals surface area contributed by atoms with Crippen LogP contribution in [0.5, 0.6) is 0 Å². The second kappa shape index (κ2) is 8.15. The Morgan fingerprint density at radius 3 is 2.38 bits per heavy atom. The summed E-state index contributed by atoms with van der Waals surface area (Å²) in [5, 5.41) is 12.3. The molecule has 0 unspecified atom stereocenters. The third kappa shape index (κ3) is 4.35. The maximum atomic E-state index is 11.7. The topological polar surface area (TPSA) is 69.6 Å². The smallest absolute Gasteiger partial charge is 0.337 e. The van der Waals surface area contributed by atoms with Gasteiger partial charge >= 0.3 is 5.97 Å². The van der Waals surface area contributed by atoms with E-state index >= 15 is 0 Å². The van der Waals surface area contributed by atoms with E-state index in [2.05, 4.69) is 5.32 Å². The molecule has 24 heavy (non-hydrogen) atoms. The number of amides is 1. The lowest BCUT2D eigenvalue weighted by Gasteiger charge is -2.25. The fraction of sp³-hybridized carbons (Fsp3) is 0.263. The second-order valence-electron chi connectivity index (χ2n) is 5.44. The van der Waals surface area contributed by atoms with Gasteiger partial charge in [-0.1, -0.05) is 37.3 Å². The largest absolute Gasteiger partial charge is 0.478 e. The van der Waals surface area contributed by atoms with Crippen LogP contribution >= 0.6 is 0 Å². The molecule has 0 heterocycles. The highest BCUT2D eigenvalue weighted by Gasteiger charge is 2.16. The molecule has 2 rings (SSSR count). The van der Waals surface area contributed by atoms with Crippen LogP contribution in [0.25, 0.3) is 0 Å². The molecule has 0 fully saturated rings. The summed E-state index contributed by atoms with van der Waals surface area (Å²) in [6.45, 7) is 5.04. The van der Waals surface area contributed by atoms with Gasteiger partial charge in [-0.25, -0.2) is 4.79 Å². The molecule has 5 heteroatoms. The lowest BCUT2D eigenvalue weighted by Crippen LogP contribution is -2.24. The first-order valence-electron chi connectivity index (χ1n) is 8.01. The van der Waals surface area contributed by atoms with E-state index in [9.17, 15) is 14.7 Å². The monoisotopic (exact) mass is 326 g/mol. The van der Waals surface area contributed by atoms with Crippen molar-refractivity contribution in [2.75, 3.05) is 16.8 Å². The Hall–Kier alpha value is -2.82. The van der Waals surface area contributed by atoms with Crippen molar-refractivity contribution >= 4 is 23.3 Å². The molecule has 0 aromatic heterocycles. The van der Waals surface area contributed by atoms with Crippen LogP contribution in [0.3, 0.4) is 0 Å². The highest BCUT2D eigenvalue weighted by molar-refractivity contribution is 5.98. The van der Waals surface area contributed by atoms with Crippen LogP contribution in [-0.4, -0.2) is 23.5 Å². The first kappa shape index (κ1) is 17.5. The molecular weight excluding hydrogens is 304 g/mol. The van der Waals surface area contributed by atoms with Crippen molar-refractivity contribution in [2.24, 2.45) is 0 Å². The summed E-state index contributed by atoms with van der Waals surface area (Å²) in [4.78, 5) is 25.2. The normalized spacial score (nSPS) is 10.2. The predicted molar refractivity (Wildman–Crippen MR) is 95.5 cm³/mol. The van der Waals surface area contributed by atoms with Crippen LogP contribution in [0.1, 0.15) is 36.2 Å². The molecule has 2 aromatic rings. The van der Waals surface area contributed by atoms with Gasteiger partial charge in [0.2, 0.25) is 5.91 Å². The molecule has 0 saturated carbocycles. The summed E-state index contributed by atoms with van der Waals surface area (Å²) >= 11 is 0. The van der Waals surface area contributed by atoms with Gasteiger partial charge in [-0.3, -0.25) is 4.79 Å². The van der Waals surface area contributed by atoms with Crippen LogP contribution in [0.2, 0.25) is 0 Å². The number of nitrogens with zero attached hydrogens (tertiary/aromatic N) is 1. The molecule has 0 spiro atoms. The molecule has 0 aliphatic rings. The summed E-state index contributed by atoms with van der Waals surface area (Å²) in [5.74, 6) is -1.15. The number of carboxylic acid groups (broad SMARTS) is 1. The van der Waals surface area contributed by atoms with Crippen molar-refractivity contribution in [1.29, 1.82) is 0 Å². The number of anilines is 2. The number of hydrogen-bond donors (Lipinski definition) is 2. The molecule has 0 bridgehead atoms. The van der Waals surface area contributed by atoms with Gasteiger partial charge in [0.25, 0.3) is 0 Å². The van der Waals surface area contributed by atoms with Crippen molar-refractivity contribution < 1.29 is 14.7 Å². The fourth-order valence-electron chi connectivity index (χ4n) is 2.48. The fourth-order valence-corrected chi connectivity index (χ4v) is 2.48. The molecule has 0 aliphatic heterocycles. The minimum Gasteiger partial charge on any atom is -0.478 e. The zero-order valence-electron chi connectivity index (χ0n) is 14.0. The van der Waals surface area contributed by atoms with Gasteiger partial charge in [0, 0.05) is 25.2 Å². The number of rotatable bonds is 7. The number of carboxylic acids is 1. The number of aromatic carboxylic acids is 1. The molecule has 126 valence electrons. The summed E-state index contributed by atoms with van der Waals surface area (Å²) in [6.07, 6.45) is 0.346. The number of benzene rings is 2. The van der Waals surface area contributed by atoms with Crippen LogP contribution in [0, 0.1) is 0 Å². The van der Waals surface area contributed by atoms with E-state index in [-0.39, 0.29) is 11.5 Å². The molecule has 2 N–H and O–H groups in total. The molecule has 0 radical (unpaired) electrons. The van der Waals surface area contributed by atoms with Crippen molar-refractivity contribution in [2.45, 2.75) is 26.8 Å². The van der Waals surface area contributed by atoms with Crippen molar-refractivity contribution in [3.63, 3.8) is 0 Å². The quantitative estimate of drug-likeness (QED) is 0.813. The van der Waals surface area contributed by atoms with Crippen molar-refractivity contribution in [3.05, 3.63) is 59.7 Å². The highest BCUT2D eigenvalue weighted by atomic mass is 16.4. The average molecular weight is 326 g/mol. The number of hydrogen-bond acceptors (Lipinski definition) is 3. The van der Waals surface area contributed by atoms with Gasteiger partial charge < -0.3 is 15.3 Å². The molecule has 0 saturated heterocycles. The van der Waals surface area contributed by atoms with Gasteiger partial charge in [-0.2, -0.15) is 0 Å². The number of carbonyl (C=O) groups is 2. The highest BCUT2D eigenvalue weighted by Crippen LogP contribution is 2.26. The summed E-state index contributed by atoms with van der Waals surface area (Å²) in [6, 6.07) is 14.9. The molecule has 0 atom stereocenters. The summed E-state index contributed by atoms with van der Waals surface area (Å²) < 4.78 is 0. The van der Waals surface area contributed by atoms with Crippen molar-refractivity contribution in [3.8, 4) is 0 Å². The predicted octanol–water partition coefficient (Wildman–Crippen LogP) is 3.76. The van der Waals surface area contributed by atoms with Gasteiger partial charge in [0.1, 0.15) is 0 Å². The Morgan fingerprint density at radius 1 is 1.08 bits per heavy atom. The number of carbonyl (C=O) groups excluding carboxylic acids is 1. The van der Waals surface area contributed by atoms with E-state index in [0.29, 0.717) is 30.9 Å². The van der Waals surface area contributed by atoms with Gasteiger partial charge in [-0.05, 0) is 30.7 Å². The summed E-state index contributed by atoms with van der Waals surface area (Å²) in [7, 11) is 0. The van der Waals surface area contributed by atoms with Crippen LogP contribution < -0.4 is 10.2 Å². The SMILES string of the molecule is CCC(=O)Nc1ccc(N(CC)Cc2ccccc2)c(C(=O)O)c1. The van der Waals surface area contributed by atoms with E-state index in [1.54, 1.807) is 19.1 Å². The van der Waals surface area contributed by atoms with E-state index in [4.69, 9.17) is 0 Å². The zero-order chi connectivity index (χ0) is 17.5. The molecule has 1 amide bonds. The van der Waals surface area contributed by atoms with E-state index in [1.165, 1.54) is 6.07 Å². The average Bonchev–Trinajstić information content (AvgIpc) is 2.60. The van der Waals surface area contributed by atoms with Crippen LogP contribution in [0.4, 0.5) is 11.4 Å². The van der Waals surface area contributed by atoms with Gasteiger partial charge in [-0.15, -0.1) is 0 Å². The Labute approximate surface area is 141 Å². The van der Waals surface area contributed by atoms with Crippen LogP contribution in [0.15, 0.2) is 48.5 Å². The Morgan fingerprint density at radius 2 is 1.79 bits per heavy atom. The standard InChI is InChI=1S/C19H22N2O3/c1-3-18(22)20-15-10-11-17(16(12-15)19(23)24)21(4-2)13-14-8-6-5-7-9-14/h5-12H,3-4,13H2,1-2H3,(H,20,22)(H,23,24). The van der Waals surface area contributed by atoms with E-state index in [0.717, 1.165) is 5.56 Å². The third-order valence-electron chi connectivity index (χ3n) is 3.77. The molecule has 2 aromatic carbocycles. The minimum absolute atomic E-state index is 0.143. The Kier molecular flexibility index (Phi) is 5.95. The molecule has 0 aliphatic carbocycles. The number of nitrogens with one attached hydrogen (secondary N) is 1. The Bertz CT molecular complexity index is 714. The summed E-state index contributed by atoms with van der Waals surface area (Å²) in [5.41, 5.74) is 2.43. The Balaban J connectivity index is 2.32.